The third kappa shape index (κ3) is 15.6. The first-order valence-corrected chi connectivity index (χ1v) is 16.6. The van der Waals surface area contributed by atoms with Crippen molar-refractivity contribution in [3.8, 4) is 0 Å². The van der Waals surface area contributed by atoms with Crippen LogP contribution in [0, 0.1) is 0 Å². The normalized spacial score (nSPS) is 26.0. The van der Waals surface area contributed by atoms with Crippen molar-refractivity contribution in [3.05, 3.63) is 36.5 Å². The van der Waals surface area contributed by atoms with E-state index in [2.05, 4.69) is 34.8 Å². The second-order valence-electron chi connectivity index (χ2n) is 12.1. The number of rotatable bonds is 15. The van der Waals surface area contributed by atoms with Gasteiger partial charge in [0.15, 0.2) is 12.2 Å². The number of hydrogen-bond acceptors (Lipinski definition) is 18. The molecule has 4 fully saturated rings. The van der Waals surface area contributed by atoms with Gasteiger partial charge in [0, 0.05) is 23.1 Å². The number of aliphatic hydroxyl groups excluding tert-OH is 2. The third-order valence-corrected chi connectivity index (χ3v) is 7.41. The summed E-state index contributed by atoms with van der Waals surface area (Å²) in [4.78, 5) is 69.9. The van der Waals surface area contributed by atoms with E-state index in [1.54, 1.807) is 6.92 Å². The predicted molar refractivity (Wildman–Crippen MR) is 179 cm³/mol. The molecule has 8 unspecified atom stereocenters. The number of ether oxygens (including phenoxy) is 9. The number of isocyanates is 1. The summed E-state index contributed by atoms with van der Waals surface area (Å²) in [5, 5.41) is 20.8. The van der Waals surface area contributed by atoms with Crippen molar-refractivity contribution in [2.75, 3.05) is 59.3 Å². The smallest absolute Gasteiger partial charge is 0.407 e. The van der Waals surface area contributed by atoms with Gasteiger partial charge in [-0.25, -0.2) is 29.0 Å². The summed E-state index contributed by atoms with van der Waals surface area (Å²) in [6, 6.07) is 0. The van der Waals surface area contributed by atoms with E-state index in [1.807, 2.05) is 0 Å². The highest BCUT2D eigenvalue weighted by molar-refractivity contribution is 5.87. The maximum absolute atomic E-state index is 12.0. The van der Waals surface area contributed by atoms with E-state index in [1.165, 1.54) is 19.9 Å². The first-order valence-electron chi connectivity index (χ1n) is 16.6. The minimum absolute atomic E-state index is 0.0189. The second-order valence-corrected chi connectivity index (χ2v) is 12.1. The van der Waals surface area contributed by atoms with E-state index in [0.717, 1.165) is 0 Å². The molecule has 4 aliphatic heterocycles. The lowest BCUT2D eigenvalue weighted by Crippen LogP contribution is -2.38. The van der Waals surface area contributed by atoms with Gasteiger partial charge in [-0.3, -0.25) is 4.79 Å². The molecule has 4 aliphatic rings. The Hall–Kier alpha value is -4.49. The van der Waals surface area contributed by atoms with Crippen LogP contribution in [-0.2, 0) is 66.6 Å². The predicted octanol–water partition coefficient (Wildman–Crippen LogP) is -0.243. The summed E-state index contributed by atoms with van der Waals surface area (Å²) in [6.07, 6.45) is -3.09. The second kappa shape index (κ2) is 23.2. The molecule has 0 radical (unpaired) electrons. The van der Waals surface area contributed by atoms with Gasteiger partial charge in [0.05, 0.1) is 46.1 Å². The highest BCUT2D eigenvalue weighted by Gasteiger charge is 2.51. The maximum atomic E-state index is 12.0. The molecule has 3 N–H and O–H groups in total. The number of alkyl carbamates (subject to hydrolysis) is 1. The first kappa shape index (κ1) is 44.7. The molecule has 1 amide bonds. The van der Waals surface area contributed by atoms with Crippen LogP contribution in [-0.4, -0.2) is 154 Å². The van der Waals surface area contributed by atoms with Crippen LogP contribution in [0.5, 0.6) is 0 Å². The largest absolute Gasteiger partial charge is 0.462 e. The molecule has 296 valence electrons. The lowest BCUT2D eigenvalue weighted by Gasteiger charge is -2.17. The number of carbonyl (C=O) groups is 5. The van der Waals surface area contributed by atoms with Gasteiger partial charge in [0.2, 0.25) is 6.08 Å². The van der Waals surface area contributed by atoms with Crippen LogP contribution in [0.3, 0.4) is 0 Å². The first-order chi connectivity index (χ1) is 25.2. The minimum Gasteiger partial charge on any atom is -0.462 e. The molecule has 19 heteroatoms. The molecular weight excluding hydrogens is 708 g/mol. The quantitative estimate of drug-likeness (QED) is 0.0487. The molecule has 0 aromatic rings. The van der Waals surface area contributed by atoms with Crippen LogP contribution >= 0.6 is 0 Å². The number of nitrogens with zero attached hydrogens (tertiary/aromatic N) is 1. The zero-order chi connectivity index (χ0) is 39.5. The summed E-state index contributed by atoms with van der Waals surface area (Å²) < 4.78 is 46.4. The van der Waals surface area contributed by atoms with Crippen LogP contribution in [0.25, 0.3) is 0 Å². The zero-order valence-electron chi connectivity index (χ0n) is 30.0. The maximum Gasteiger partial charge on any atom is 0.407 e. The third-order valence-electron chi connectivity index (χ3n) is 7.41. The Morgan fingerprint density at radius 2 is 1.15 bits per heavy atom. The van der Waals surface area contributed by atoms with Gasteiger partial charge < -0.3 is 58.2 Å². The number of fused-ring (bicyclic) bond motifs is 2. The summed E-state index contributed by atoms with van der Waals surface area (Å²) >= 11 is 0. The molecule has 0 aromatic carbocycles. The van der Waals surface area contributed by atoms with Gasteiger partial charge in [0.1, 0.15) is 49.8 Å². The van der Waals surface area contributed by atoms with Crippen molar-refractivity contribution in [3.63, 3.8) is 0 Å². The number of nitrogens with one attached hydrogen (secondary N) is 1. The number of carbonyl (C=O) groups excluding carboxylic acids is 6. The summed E-state index contributed by atoms with van der Waals surface area (Å²) in [6.45, 7) is 16.1. The fourth-order valence-corrected chi connectivity index (χ4v) is 4.77. The van der Waals surface area contributed by atoms with Crippen molar-refractivity contribution in [1.29, 1.82) is 0 Å². The molecule has 19 nitrogen and oxygen atoms in total. The highest BCUT2D eigenvalue weighted by Crippen LogP contribution is 2.31. The van der Waals surface area contributed by atoms with Gasteiger partial charge >= 0.3 is 30.0 Å². The average Bonchev–Trinajstić information content (AvgIpc) is 3.89. The van der Waals surface area contributed by atoms with Crippen LogP contribution in [0.15, 0.2) is 41.4 Å². The van der Waals surface area contributed by atoms with Crippen LogP contribution < -0.4 is 5.32 Å². The summed E-state index contributed by atoms with van der Waals surface area (Å²) in [5.41, 5.74) is 0.887. The van der Waals surface area contributed by atoms with Gasteiger partial charge in [-0.05, 0) is 27.2 Å². The fourth-order valence-electron chi connectivity index (χ4n) is 4.77. The average molecular weight is 757 g/mol. The molecule has 4 heterocycles. The van der Waals surface area contributed by atoms with Gasteiger partial charge in [-0.1, -0.05) is 19.7 Å². The molecule has 4 rings (SSSR count). The van der Waals surface area contributed by atoms with E-state index in [4.69, 9.17) is 48.1 Å². The van der Waals surface area contributed by atoms with Crippen LogP contribution in [0.4, 0.5) is 4.79 Å². The van der Waals surface area contributed by atoms with E-state index < -0.39 is 66.6 Å². The topological polar surface area (TPSA) is 250 Å². The van der Waals surface area contributed by atoms with Gasteiger partial charge in [-0.2, -0.15) is 0 Å². The number of aliphatic imine (C=N–C) groups is 1. The molecule has 0 aliphatic carbocycles. The fraction of sp³-hybridized carbons (Fsp3) is 0.647. The Labute approximate surface area is 306 Å². The Bertz CT molecular complexity index is 1280. The lowest BCUT2D eigenvalue weighted by molar-refractivity contribution is -0.155. The van der Waals surface area contributed by atoms with E-state index in [9.17, 15) is 28.8 Å². The van der Waals surface area contributed by atoms with Crippen LogP contribution in [0.2, 0.25) is 0 Å². The zero-order valence-corrected chi connectivity index (χ0v) is 30.0. The number of aliphatic hydroxyl groups is 2. The summed E-state index contributed by atoms with van der Waals surface area (Å²) in [7, 11) is 0. The van der Waals surface area contributed by atoms with E-state index in [0.29, 0.717) is 12.0 Å². The van der Waals surface area contributed by atoms with Crippen molar-refractivity contribution >= 4 is 36.1 Å². The number of esters is 4. The minimum atomic E-state index is -0.709. The Morgan fingerprint density at radius 1 is 0.698 bits per heavy atom. The standard InChI is InChI=1S/C21H29NO10.C7H9NO3.C6H10O4/c1-12(2)19(24)27-8-5-6-16(23)31-14-10-29-18-15(11-30-17(14)18)32-21(26)22-7-9-28-20(25)13(3)4;1-6(2)7(10)11-4-3-8-5-9;7-3-1-9-6-4(8)2-10-5(3)6/h14-15,17-18H,1,3,5-11H2,2,4H3,(H,22,26);1,3-4H2,2H3;3-8H,1-2H2. The molecule has 53 heavy (non-hydrogen) atoms. The van der Waals surface area contributed by atoms with Crippen molar-refractivity contribution in [2.24, 2.45) is 4.99 Å². The van der Waals surface area contributed by atoms with Gasteiger partial charge in [0.25, 0.3) is 0 Å². The van der Waals surface area contributed by atoms with E-state index >= 15 is 0 Å². The molecule has 4 saturated heterocycles. The van der Waals surface area contributed by atoms with Crippen molar-refractivity contribution < 1.29 is 81.6 Å². The molecule has 0 bridgehead atoms. The molecular formula is C34H48N2O17. The highest BCUT2D eigenvalue weighted by atomic mass is 16.7. The summed E-state index contributed by atoms with van der Waals surface area (Å²) in [5.74, 6) is -1.99. The number of amides is 1. The molecule has 0 aromatic heterocycles. The Morgan fingerprint density at radius 3 is 1.64 bits per heavy atom. The van der Waals surface area contributed by atoms with Gasteiger partial charge in [-0.15, -0.1) is 0 Å². The number of hydrogen-bond donors (Lipinski definition) is 3. The van der Waals surface area contributed by atoms with Crippen molar-refractivity contribution in [1.82, 2.24) is 5.32 Å². The Kier molecular flexibility index (Phi) is 19.6. The molecule has 0 saturated carbocycles. The Balaban J connectivity index is 0.000000372. The lowest BCUT2D eigenvalue weighted by atomic mass is 10.1. The van der Waals surface area contributed by atoms with E-state index in [-0.39, 0.29) is 89.1 Å². The van der Waals surface area contributed by atoms with Crippen molar-refractivity contribution in [2.45, 2.75) is 82.4 Å². The molecule has 8 atom stereocenters. The monoisotopic (exact) mass is 756 g/mol. The molecule has 0 spiro atoms. The van der Waals surface area contributed by atoms with Crippen LogP contribution in [0.1, 0.15) is 33.6 Å². The SMILES string of the molecule is C=C(C)C(=O)OCCCC(=O)OC1COC2C(OC(=O)NCCOC(=O)C(=C)C)COC12.C=C(C)C(=O)OCCN=C=O.OC1COC2C(O)COC12.